The Bertz CT molecular complexity index is 316. The van der Waals surface area contributed by atoms with Gasteiger partial charge in [-0.05, 0) is 32.4 Å². The average molecular weight is 204 g/mol. The Labute approximate surface area is 92.1 Å². The summed E-state index contributed by atoms with van der Waals surface area (Å²) in [6.45, 7) is 6.65. The van der Waals surface area contributed by atoms with E-state index in [-0.39, 0.29) is 0 Å². The van der Waals surface area contributed by atoms with E-state index >= 15 is 0 Å². The highest BCUT2D eigenvalue weighted by atomic mass is 15.0. The van der Waals surface area contributed by atoms with Crippen LogP contribution in [-0.2, 0) is 0 Å². The van der Waals surface area contributed by atoms with Crippen molar-refractivity contribution in [1.29, 1.82) is 0 Å². The van der Waals surface area contributed by atoms with Crippen molar-refractivity contribution in [2.75, 3.05) is 13.1 Å². The first-order chi connectivity index (χ1) is 7.25. The van der Waals surface area contributed by atoms with Crippen LogP contribution in [0.5, 0.6) is 0 Å². The lowest BCUT2D eigenvalue weighted by molar-refractivity contribution is 0.478. The topological polar surface area (TPSA) is 24.1 Å². The van der Waals surface area contributed by atoms with E-state index in [0.29, 0.717) is 12.1 Å². The van der Waals surface area contributed by atoms with Gasteiger partial charge in [-0.1, -0.05) is 29.8 Å². The van der Waals surface area contributed by atoms with E-state index in [2.05, 4.69) is 48.7 Å². The zero-order valence-electron chi connectivity index (χ0n) is 9.59. The van der Waals surface area contributed by atoms with Crippen LogP contribution in [0.1, 0.15) is 30.5 Å². The number of hydrogen-bond donors (Lipinski definition) is 2. The zero-order chi connectivity index (χ0) is 10.7. The molecule has 1 aromatic carbocycles. The van der Waals surface area contributed by atoms with E-state index < -0.39 is 0 Å². The maximum Gasteiger partial charge on any atom is 0.0294 e. The highest BCUT2D eigenvalue weighted by Gasteiger charge is 2.16. The van der Waals surface area contributed by atoms with Crippen molar-refractivity contribution < 1.29 is 0 Å². The fraction of sp³-hybridized carbons (Fsp3) is 0.538. The van der Waals surface area contributed by atoms with Crippen LogP contribution in [0, 0.1) is 6.92 Å². The van der Waals surface area contributed by atoms with Crippen LogP contribution in [0.2, 0.25) is 0 Å². The van der Waals surface area contributed by atoms with Gasteiger partial charge in [-0.25, -0.2) is 0 Å². The number of rotatable bonds is 3. The minimum absolute atomic E-state index is 0.454. The van der Waals surface area contributed by atoms with Gasteiger partial charge in [0.05, 0.1) is 0 Å². The predicted octanol–water partition coefficient (Wildman–Crippen LogP) is 2.01. The van der Waals surface area contributed by atoms with Crippen LogP contribution < -0.4 is 10.6 Å². The lowest BCUT2D eigenvalue weighted by atomic mass is 10.0. The molecule has 2 nitrogen and oxygen atoms in total. The molecule has 1 heterocycles. The first-order valence-electron chi connectivity index (χ1n) is 5.79. The smallest absolute Gasteiger partial charge is 0.0294 e. The van der Waals surface area contributed by atoms with Gasteiger partial charge in [0, 0.05) is 18.6 Å². The monoisotopic (exact) mass is 204 g/mol. The molecule has 1 aliphatic heterocycles. The lowest BCUT2D eigenvalue weighted by Crippen LogP contribution is -2.33. The molecule has 2 rings (SSSR count). The fourth-order valence-electron chi connectivity index (χ4n) is 2.19. The van der Waals surface area contributed by atoms with Crippen LogP contribution in [-0.4, -0.2) is 19.1 Å². The van der Waals surface area contributed by atoms with E-state index in [0.717, 1.165) is 13.1 Å². The Balaban J connectivity index is 1.97. The Morgan fingerprint density at radius 1 is 1.47 bits per heavy atom. The van der Waals surface area contributed by atoms with Gasteiger partial charge in [-0.2, -0.15) is 0 Å². The van der Waals surface area contributed by atoms with E-state index in [1.807, 2.05) is 0 Å². The fourth-order valence-corrected chi connectivity index (χ4v) is 2.19. The molecule has 2 atom stereocenters. The Morgan fingerprint density at radius 2 is 2.33 bits per heavy atom. The number of benzene rings is 1. The van der Waals surface area contributed by atoms with Crippen LogP contribution in [0.4, 0.5) is 0 Å². The summed E-state index contributed by atoms with van der Waals surface area (Å²) in [5.74, 6) is 0. The minimum Gasteiger partial charge on any atom is -0.315 e. The molecule has 1 fully saturated rings. The maximum atomic E-state index is 3.66. The predicted molar refractivity (Wildman–Crippen MR) is 64.0 cm³/mol. The molecule has 0 bridgehead atoms. The minimum atomic E-state index is 0.454. The highest BCUT2D eigenvalue weighted by molar-refractivity contribution is 5.24. The van der Waals surface area contributed by atoms with Gasteiger partial charge in [0.25, 0.3) is 0 Å². The third-order valence-corrected chi connectivity index (χ3v) is 3.09. The highest BCUT2D eigenvalue weighted by Crippen LogP contribution is 2.15. The van der Waals surface area contributed by atoms with Gasteiger partial charge in [0.15, 0.2) is 0 Å². The molecule has 0 saturated carbocycles. The van der Waals surface area contributed by atoms with Crippen molar-refractivity contribution in [3.8, 4) is 0 Å². The van der Waals surface area contributed by atoms with Crippen LogP contribution >= 0.6 is 0 Å². The van der Waals surface area contributed by atoms with Gasteiger partial charge < -0.3 is 10.6 Å². The van der Waals surface area contributed by atoms with E-state index in [1.54, 1.807) is 0 Å². The SMILES string of the molecule is Cc1cccc([C@H](C)NC2CCNC2)c1. The van der Waals surface area contributed by atoms with Crippen LogP contribution in [0.15, 0.2) is 24.3 Å². The van der Waals surface area contributed by atoms with Crippen LogP contribution in [0.25, 0.3) is 0 Å². The van der Waals surface area contributed by atoms with E-state index in [1.165, 1.54) is 17.5 Å². The Kier molecular flexibility index (Phi) is 3.39. The number of hydrogen-bond acceptors (Lipinski definition) is 2. The molecule has 82 valence electrons. The molecule has 1 saturated heterocycles. The zero-order valence-corrected chi connectivity index (χ0v) is 9.59. The number of nitrogens with one attached hydrogen (secondary N) is 2. The molecule has 1 aromatic rings. The third-order valence-electron chi connectivity index (χ3n) is 3.09. The first kappa shape index (κ1) is 10.7. The molecular weight excluding hydrogens is 184 g/mol. The second-order valence-corrected chi connectivity index (χ2v) is 4.49. The first-order valence-corrected chi connectivity index (χ1v) is 5.79. The van der Waals surface area contributed by atoms with Gasteiger partial charge in [0.1, 0.15) is 0 Å². The summed E-state index contributed by atoms with van der Waals surface area (Å²) in [7, 11) is 0. The summed E-state index contributed by atoms with van der Waals surface area (Å²) in [6.07, 6.45) is 1.25. The standard InChI is InChI=1S/C13H20N2/c1-10-4-3-5-12(8-10)11(2)15-13-6-7-14-9-13/h3-5,8,11,13-15H,6-7,9H2,1-2H3/t11-,13?/m0/s1. The van der Waals surface area contributed by atoms with Gasteiger partial charge in [-0.3, -0.25) is 0 Å². The summed E-state index contributed by atoms with van der Waals surface area (Å²) in [4.78, 5) is 0. The second kappa shape index (κ2) is 4.77. The molecule has 0 aromatic heterocycles. The molecule has 2 heteroatoms. The van der Waals surface area contributed by atoms with Gasteiger partial charge >= 0.3 is 0 Å². The molecule has 1 unspecified atom stereocenters. The quantitative estimate of drug-likeness (QED) is 0.787. The summed E-state index contributed by atoms with van der Waals surface area (Å²) in [6, 6.07) is 9.84. The molecule has 0 aliphatic carbocycles. The molecule has 2 N–H and O–H groups in total. The molecule has 0 amide bonds. The lowest BCUT2D eigenvalue weighted by Gasteiger charge is -2.19. The average Bonchev–Trinajstić information content (AvgIpc) is 2.70. The maximum absolute atomic E-state index is 3.66. The molecule has 0 spiro atoms. The molecular formula is C13H20N2. The largest absolute Gasteiger partial charge is 0.315 e. The summed E-state index contributed by atoms with van der Waals surface area (Å²) in [5.41, 5.74) is 2.73. The molecule has 15 heavy (non-hydrogen) atoms. The van der Waals surface area contributed by atoms with Gasteiger partial charge in [0.2, 0.25) is 0 Å². The van der Waals surface area contributed by atoms with Crippen molar-refractivity contribution in [3.05, 3.63) is 35.4 Å². The van der Waals surface area contributed by atoms with Crippen molar-refractivity contribution in [2.45, 2.75) is 32.4 Å². The number of aryl methyl sites for hydroxylation is 1. The van der Waals surface area contributed by atoms with Crippen molar-refractivity contribution in [2.24, 2.45) is 0 Å². The second-order valence-electron chi connectivity index (χ2n) is 4.49. The van der Waals surface area contributed by atoms with Crippen molar-refractivity contribution >= 4 is 0 Å². The van der Waals surface area contributed by atoms with Gasteiger partial charge in [-0.15, -0.1) is 0 Å². The Hall–Kier alpha value is -0.860. The van der Waals surface area contributed by atoms with E-state index in [9.17, 15) is 0 Å². The summed E-state index contributed by atoms with van der Waals surface area (Å²) in [5, 5.41) is 7.04. The Morgan fingerprint density at radius 3 is 3.00 bits per heavy atom. The summed E-state index contributed by atoms with van der Waals surface area (Å²) < 4.78 is 0. The van der Waals surface area contributed by atoms with E-state index in [4.69, 9.17) is 0 Å². The third kappa shape index (κ3) is 2.80. The molecule has 1 aliphatic rings. The van der Waals surface area contributed by atoms with Crippen molar-refractivity contribution in [3.63, 3.8) is 0 Å². The van der Waals surface area contributed by atoms with Crippen LogP contribution in [0.3, 0.4) is 0 Å². The molecule has 0 radical (unpaired) electrons. The normalized spacial score (nSPS) is 22.9. The van der Waals surface area contributed by atoms with Crippen molar-refractivity contribution in [1.82, 2.24) is 10.6 Å². The summed E-state index contributed by atoms with van der Waals surface area (Å²) >= 11 is 0.